The van der Waals surface area contributed by atoms with Crippen molar-refractivity contribution in [1.82, 2.24) is 5.32 Å². The van der Waals surface area contributed by atoms with E-state index in [9.17, 15) is 9.59 Å². The van der Waals surface area contributed by atoms with Gasteiger partial charge in [0.25, 0.3) is 0 Å². The second kappa shape index (κ2) is 10.1. The second-order valence-corrected chi connectivity index (χ2v) is 4.36. The molecule has 0 saturated carbocycles. The smallest absolute Gasteiger partial charge is 0.227 e. The van der Waals surface area contributed by atoms with Crippen molar-refractivity contribution in [2.75, 3.05) is 11.9 Å². The molecule has 0 aromatic carbocycles. The number of carbonyl (C=O) groups excluding carboxylic acids is 2. The van der Waals surface area contributed by atoms with Gasteiger partial charge >= 0.3 is 0 Å². The Morgan fingerprint density at radius 3 is 2.53 bits per heavy atom. The second-order valence-electron chi connectivity index (χ2n) is 3.57. The van der Waals surface area contributed by atoms with E-state index in [2.05, 4.69) is 28.2 Å². The number of hydrogen-bond donors (Lipinski definition) is 1. The van der Waals surface area contributed by atoms with E-state index in [1.54, 1.807) is 0 Å². The number of nitrogens with one attached hydrogen (secondary N) is 1. The van der Waals surface area contributed by atoms with Gasteiger partial charge in [-0.2, -0.15) is 0 Å². The average molecular weight is 278 g/mol. The molecule has 0 aliphatic rings. The molecule has 0 rings (SSSR count). The van der Waals surface area contributed by atoms with Gasteiger partial charge in [0.2, 0.25) is 5.91 Å². The highest BCUT2D eigenvalue weighted by Crippen LogP contribution is 2.01. The minimum atomic E-state index is -0.141. The summed E-state index contributed by atoms with van der Waals surface area (Å²) in [6, 6.07) is 0. The van der Waals surface area contributed by atoms with E-state index in [4.69, 9.17) is 0 Å². The monoisotopic (exact) mass is 277 g/mol. The number of halogens is 1. The average Bonchev–Trinajstić information content (AvgIpc) is 2.18. The fraction of sp³-hybridized carbons (Fsp3) is 0.818. The number of alkyl halides is 1. The van der Waals surface area contributed by atoms with Crippen LogP contribution >= 0.6 is 15.9 Å². The third-order valence-corrected chi connectivity index (χ3v) is 2.61. The van der Waals surface area contributed by atoms with Crippen LogP contribution in [0.25, 0.3) is 0 Å². The quantitative estimate of drug-likeness (QED) is 0.400. The minimum Gasteiger partial charge on any atom is -0.356 e. The number of rotatable bonds is 9. The highest BCUT2D eigenvalue weighted by Gasteiger charge is 2.07. The molecule has 0 aliphatic heterocycles. The highest BCUT2D eigenvalue weighted by molar-refractivity contribution is 9.09. The van der Waals surface area contributed by atoms with Gasteiger partial charge in [0.05, 0.1) is 6.42 Å². The molecule has 0 aromatic heterocycles. The van der Waals surface area contributed by atoms with Gasteiger partial charge in [-0.05, 0) is 12.8 Å². The summed E-state index contributed by atoms with van der Waals surface area (Å²) in [6.07, 6.45) is 4.56. The maximum absolute atomic E-state index is 11.3. The molecular weight excluding hydrogens is 258 g/mol. The largest absolute Gasteiger partial charge is 0.356 e. The Hall–Kier alpha value is -0.380. The molecule has 0 saturated heterocycles. The Labute approximate surface area is 100 Å². The number of ketones is 1. The molecule has 0 radical (unpaired) electrons. The number of hydrogen-bond acceptors (Lipinski definition) is 2. The zero-order valence-electron chi connectivity index (χ0n) is 9.35. The SMILES string of the molecule is CCCCCC(=O)CC(=O)NCCCBr. The van der Waals surface area contributed by atoms with E-state index in [-0.39, 0.29) is 18.1 Å². The van der Waals surface area contributed by atoms with E-state index in [0.717, 1.165) is 31.0 Å². The van der Waals surface area contributed by atoms with Gasteiger partial charge in [-0.3, -0.25) is 9.59 Å². The van der Waals surface area contributed by atoms with Gasteiger partial charge in [0.15, 0.2) is 0 Å². The molecule has 15 heavy (non-hydrogen) atoms. The summed E-state index contributed by atoms with van der Waals surface area (Å²) in [5.74, 6) is -0.0859. The third-order valence-electron chi connectivity index (χ3n) is 2.05. The van der Waals surface area contributed by atoms with Crippen molar-refractivity contribution < 1.29 is 9.59 Å². The highest BCUT2D eigenvalue weighted by atomic mass is 79.9. The summed E-state index contributed by atoms with van der Waals surface area (Å²) in [5.41, 5.74) is 0. The Balaban J connectivity index is 3.45. The Bertz CT molecular complexity index is 175. The number of Topliss-reactive ketones (excluding diaryl/α,β-unsaturated/α-hetero) is 1. The van der Waals surface area contributed by atoms with Crippen molar-refractivity contribution >= 4 is 27.6 Å². The number of carbonyl (C=O) groups is 2. The van der Waals surface area contributed by atoms with Gasteiger partial charge in [-0.1, -0.05) is 35.7 Å². The molecule has 4 heteroatoms. The predicted octanol–water partition coefficient (Wildman–Crippen LogP) is 2.43. The van der Waals surface area contributed by atoms with Crippen LogP contribution in [0.4, 0.5) is 0 Å². The lowest BCUT2D eigenvalue weighted by Gasteiger charge is -2.03. The topological polar surface area (TPSA) is 46.2 Å². The first-order valence-corrected chi connectivity index (χ1v) is 6.67. The van der Waals surface area contributed by atoms with Gasteiger partial charge < -0.3 is 5.32 Å². The van der Waals surface area contributed by atoms with Crippen LogP contribution in [0.1, 0.15) is 45.4 Å². The third kappa shape index (κ3) is 9.91. The molecule has 0 atom stereocenters. The molecule has 0 spiro atoms. The summed E-state index contributed by atoms with van der Waals surface area (Å²) in [4.78, 5) is 22.5. The molecule has 0 fully saturated rings. The normalized spacial score (nSPS) is 10.0. The van der Waals surface area contributed by atoms with E-state index >= 15 is 0 Å². The Morgan fingerprint density at radius 2 is 1.93 bits per heavy atom. The van der Waals surface area contributed by atoms with E-state index < -0.39 is 0 Å². The Morgan fingerprint density at radius 1 is 1.20 bits per heavy atom. The van der Waals surface area contributed by atoms with Gasteiger partial charge in [-0.25, -0.2) is 0 Å². The molecule has 0 heterocycles. The summed E-state index contributed by atoms with van der Waals surface area (Å²) in [5, 5.41) is 3.59. The van der Waals surface area contributed by atoms with Crippen molar-refractivity contribution in [1.29, 1.82) is 0 Å². The van der Waals surface area contributed by atoms with Gasteiger partial charge in [0.1, 0.15) is 5.78 Å². The molecule has 0 unspecified atom stereocenters. The van der Waals surface area contributed by atoms with Crippen molar-refractivity contribution in [3.8, 4) is 0 Å². The van der Waals surface area contributed by atoms with Crippen LogP contribution in [0.15, 0.2) is 0 Å². The van der Waals surface area contributed by atoms with E-state index in [1.165, 1.54) is 0 Å². The van der Waals surface area contributed by atoms with Gasteiger partial charge in [0, 0.05) is 18.3 Å². The lowest BCUT2D eigenvalue weighted by atomic mass is 10.1. The standard InChI is InChI=1S/C11H20BrNO2/c1-2-3-4-6-10(14)9-11(15)13-8-5-7-12/h2-9H2,1H3,(H,13,15). The molecule has 0 bridgehead atoms. The molecule has 1 N–H and O–H groups in total. The van der Waals surface area contributed by atoms with Gasteiger partial charge in [-0.15, -0.1) is 0 Å². The lowest BCUT2D eigenvalue weighted by Crippen LogP contribution is -2.26. The summed E-state index contributed by atoms with van der Waals surface area (Å²) < 4.78 is 0. The molecule has 3 nitrogen and oxygen atoms in total. The maximum Gasteiger partial charge on any atom is 0.227 e. The fourth-order valence-corrected chi connectivity index (χ4v) is 1.48. The summed E-state index contributed by atoms with van der Waals surface area (Å²) >= 11 is 3.27. The van der Waals surface area contributed by atoms with Crippen LogP contribution < -0.4 is 5.32 Å². The van der Waals surface area contributed by atoms with Crippen LogP contribution in [0, 0.1) is 0 Å². The maximum atomic E-state index is 11.3. The number of unbranched alkanes of at least 4 members (excludes halogenated alkanes) is 2. The molecule has 0 aromatic rings. The van der Waals surface area contributed by atoms with Crippen LogP contribution in [0.5, 0.6) is 0 Å². The van der Waals surface area contributed by atoms with Crippen LogP contribution in [-0.4, -0.2) is 23.6 Å². The first-order valence-electron chi connectivity index (χ1n) is 5.55. The predicted molar refractivity (Wildman–Crippen MR) is 65.2 cm³/mol. The Kier molecular flexibility index (Phi) is 9.89. The summed E-state index contributed by atoms with van der Waals surface area (Å²) in [6.45, 7) is 2.74. The van der Waals surface area contributed by atoms with Crippen LogP contribution in [-0.2, 0) is 9.59 Å². The number of amides is 1. The molecule has 88 valence electrons. The molecular formula is C11H20BrNO2. The fourth-order valence-electron chi connectivity index (χ4n) is 1.20. The lowest BCUT2D eigenvalue weighted by molar-refractivity contribution is -0.128. The van der Waals surface area contributed by atoms with Crippen LogP contribution in [0.3, 0.4) is 0 Å². The van der Waals surface area contributed by atoms with E-state index in [0.29, 0.717) is 13.0 Å². The molecule has 1 amide bonds. The first-order chi connectivity index (χ1) is 7.20. The van der Waals surface area contributed by atoms with Crippen LogP contribution in [0.2, 0.25) is 0 Å². The first kappa shape index (κ1) is 14.6. The van der Waals surface area contributed by atoms with Crippen molar-refractivity contribution in [3.05, 3.63) is 0 Å². The van der Waals surface area contributed by atoms with E-state index in [1.807, 2.05) is 0 Å². The van der Waals surface area contributed by atoms with Crippen molar-refractivity contribution in [2.24, 2.45) is 0 Å². The van der Waals surface area contributed by atoms with Crippen molar-refractivity contribution in [3.63, 3.8) is 0 Å². The zero-order valence-corrected chi connectivity index (χ0v) is 10.9. The summed E-state index contributed by atoms with van der Waals surface area (Å²) in [7, 11) is 0. The van der Waals surface area contributed by atoms with Crippen molar-refractivity contribution in [2.45, 2.75) is 45.4 Å². The minimum absolute atomic E-state index is 0.0476. The molecule has 0 aliphatic carbocycles. The zero-order chi connectivity index (χ0) is 11.5.